The van der Waals surface area contributed by atoms with Crippen LogP contribution in [0.2, 0.25) is 0 Å². The Hall–Kier alpha value is -1.14. The molecule has 1 amide bonds. The summed E-state index contributed by atoms with van der Waals surface area (Å²) < 4.78 is 0. The van der Waals surface area contributed by atoms with Crippen molar-refractivity contribution in [3.8, 4) is 0 Å². The molecule has 2 unspecified atom stereocenters. The minimum absolute atomic E-state index is 0.0475. The number of rotatable bonds is 3. The van der Waals surface area contributed by atoms with Gasteiger partial charge in [-0.2, -0.15) is 0 Å². The van der Waals surface area contributed by atoms with Gasteiger partial charge in [-0.05, 0) is 20.3 Å². The molecule has 1 aromatic heterocycles. The number of aryl methyl sites for hydroxylation is 1. The first-order valence-electron chi connectivity index (χ1n) is 6.52. The molecular formula is C13H21N3O2S. The second kappa shape index (κ2) is 5.46. The fraction of sp³-hybridized carbons (Fsp3) is 0.692. The van der Waals surface area contributed by atoms with Crippen molar-refractivity contribution in [3.05, 3.63) is 10.6 Å². The highest BCUT2D eigenvalue weighted by molar-refractivity contribution is 7.17. The van der Waals surface area contributed by atoms with Crippen molar-refractivity contribution in [1.29, 1.82) is 0 Å². The SMILES string of the molecule is Cc1nc(N(C)C)sc1C(=O)N1CCC(C(C)O)C1. The summed E-state index contributed by atoms with van der Waals surface area (Å²) in [6.45, 7) is 5.04. The lowest BCUT2D eigenvalue weighted by Gasteiger charge is -2.17. The van der Waals surface area contributed by atoms with Crippen LogP contribution in [0.4, 0.5) is 5.13 Å². The molecule has 1 N–H and O–H groups in total. The second-order valence-electron chi connectivity index (χ2n) is 5.35. The summed E-state index contributed by atoms with van der Waals surface area (Å²) in [5.74, 6) is 0.247. The lowest BCUT2D eigenvalue weighted by molar-refractivity contribution is 0.0766. The monoisotopic (exact) mass is 283 g/mol. The number of amides is 1. The first-order chi connectivity index (χ1) is 8.90. The van der Waals surface area contributed by atoms with E-state index in [0.29, 0.717) is 6.54 Å². The van der Waals surface area contributed by atoms with Crippen molar-refractivity contribution >= 4 is 22.4 Å². The summed E-state index contributed by atoms with van der Waals surface area (Å²) in [7, 11) is 3.84. The molecule has 2 heterocycles. The van der Waals surface area contributed by atoms with Gasteiger partial charge in [-0.3, -0.25) is 4.79 Å². The molecule has 0 radical (unpaired) electrons. The molecule has 2 atom stereocenters. The molecular weight excluding hydrogens is 262 g/mol. The highest BCUT2D eigenvalue weighted by Crippen LogP contribution is 2.28. The van der Waals surface area contributed by atoms with E-state index in [9.17, 15) is 9.90 Å². The maximum absolute atomic E-state index is 12.5. The number of carbonyl (C=O) groups is 1. The molecule has 0 aliphatic carbocycles. The smallest absolute Gasteiger partial charge is 0.265 e. The third-order valence-corrected chi connectivity index (χ3v) is 4.87. The highest BCUT2D eigenvalue weighted by Gasteiger charge is 2.31. The van der Waals surface area contributed by atoms with Crippen LogP contribution in [0.1, 0.15) is 28.7 Å². The Morgan fingerprint density at radius 3 is 2.74 bits per heavy atom. The lowest BCUT2D eigenvalue weighted by Crippen LogP contribution is -2.30. The van der Waals surface area contributed by atoms with E-state index >= 15 is 0 Å². The average Bonchev–Trinajstić information content (AvgIpc) is 2.94. The van der Waals surface area contributed by atoms with E-state index in [1.807, 2.05) is 30.8 Å². The van der Waals surface area contributed by atoms with Crippen LogP contribution in [-0.4, -0.2) is 54.2 Å². The van der Waals surface area contributed by atoms with Crippen molar-refractivity contribution in [3.63, 3.8) is 0 Å². The molecule has 0 saturated carbocycles. The van der Waals surface area contributed by atoms with E-state index < -0.39 is 0 Å². The van der Waals surface area contributed by atoms with E-state index in [0.717, 1.165) is 28.7 Å². The van der Waals surface area contributed by atoms with Crippen LogP contribution in [0.5, 0.6) is 0 Å². The molecule has 1 aliphatic rings. The molecule has 1 aromatic rings. The zero-order valence-electron chi connectivity index (χ0n) is 11.9. The standard InChI is InChI=1S/C13H21N3O2S/c1-8-11(19-13(14-8)15(3)4)12(18)16-6-5-10(7-16)9(2)17/h9-10,17H,5-7H2,1-4H3. The highest BCUT2D eigenvalue weighted by atomic mass is 32.1. The summed E-state index contributed by atoms with van der Waals surface area (Å²) in [4.78, 5) is 21.3. The maximum atomic E-state index is 12.5. The molecule has 1 fully saturated rings. The predicted octanol–water partition coefficient (Wildman–Crippen LogP) is 1.36. The number of nitrogens with zero attached hydrogens (tertiary/aromatic N) is 3. The van der Waals surface area contributed by atoms with Crippen LogP contribution in [0.25, 0.3) is 0 Å². The minimum Gasteiger partial charge on any atom is -0.393 e. The van der Waals surface area contributed by atoms with Crippen molar-refractivity contribution in [1.82, 2.24) is 9.88 Å². The number of likely N-dealkylation sites (tertiary alicyclic amines) is 1. The summed E-state index contributed by atoms with van der Waals surface area (Å²) in [5.41, 5.74) is 0.791. The number of hydrogen-bond donors (Lipinski definition) is 1. The Kier molecular flexibility index (Phi) is 4.10. The van der Waals surface area contributed by atoms with Crippen molar-refractivity contribution < 1.29 is 9.90 Å². The molecule has 0 spiro atoms. The normalized spacial score (nSPS) is 20.7. The van der Waals surface area contributed by atoms with Gasteiger partial charge in [-0.25, -0.2) is 4.98 Å². The Morgan fingerprint density at radius 1 is 1.58 bits per heavy atom. The number of aromatic nitrogens is 1. The van der Waals surface area contributed by atoms with Gasteiger partial charge in [0.15, 0.2) is 5.13 Å². The summed E-state index contributed by atoms with van der Waals surface area (Å²) in [6, 6.07) is 0. The van der Waals surface area contributed by atoms with Crippen molar-refractivity contribution in [2.75, 3.05) is 32.1 Å². The molecule has 6 heteroatoms. The van der Waals surface area contributed by atoms with Crippen molar-refractivity contribution in [2.45, 2.75) is 26.4 Å². The lowest BCUT2D eigenvalue weighted by atomic mass is 10.0. The topological polar surface area (TPSA) is 56.7 Å². The van der Waals surface area contributed by atoms with Gasteiger partial charge in [0.2, 0.25) is 0 Å². The van der Waals surface area contributed by atoms with Crippen molar-refractivity contribution in [2.24, 2.45) is 5.92 Å². The zero-order chi connectivity index (χ0) is 14.2. The average molecular weight is 283 g/mol. The van der Waals surface area contributed by atoms with Crippen LogP contribution in [0, 0.1) is 12.8 Å². The second-order valence-corrected chi connectivity index (χ2v) is 6.32. The Balaban J connectivity index is 2.12. The largest absolute Gasteiger partial charge is 0.393 e. The van der Waals surface area contributed by atoms with Crippen LogP contribution < -0.4 is 4.90 Å². The summed E-state index contributed by atoms with van der Waals surface area (Å²) in [6.07, 6.45) is 0.527. The first-order valence-corrected chi connectivity index (χ1v) is 7.34. The summed E-state index contributed by atoms with van der Waals surface area (Å²) in [5, 5.41) is 10.5. The number of thiazole rings is 1. The van der Waals surface area contributed by atoms with E-state index in [1.54, 1.807) is 6.92 Å². The molecule has 19 heavy (non-hydrogen) atoms. The molecule has 2 rings (SSSR count). The Labute approximate surface area is 117 Å². The summed E-state index contributed by atoms with van der Waals surface area (Å²) >= 11 is 1.43. The number of aliphatic hydroxyl groups excluding tert-OH is 1. The number of carbonyl (C=O) groups excluding carboxylic acids is 1. The zero-order valence-corrected chi connectivity index (χ0v) is 12.7. The quantitative estimate of drug-likeness (QED) is 0.910. The van der Waals surface area contributed by atoms with Crippen LogP contribution in [-0.2, 0) is 0 Å². The molecule has 5 nitrogen and oxygen atoms in total. The first kappa shape index (κ1) is 14.3. The molecule has 106 valence electrons. The molecule has 0 bridgehead atoms. The van der Waals surface area contributed by atoms with Gasteiger partial charge >= 0.3 is 0 Å². The van der Waals surface area contributed by atoms with Gasteiger partial charge in [0.1, 0.15) is 4.88 Å². The van der Waals surface area contributed by atoms with E-state index in [2.05, 4.69) is 4.98 Å². The van der Waals surface area contributed by atoms with Crippen LogP contribution in [0.3, 0.4) is 0 Å². The van der Waals surface area contributed by atoms with Gasteiger partial charge in [0.05, 0.1) is 11.8 Å². The molecule has 1 saturated heterocycles. The molecule has 0 aromatic carbocycles. The van der Waals surface area contributed by atoms with Crippen LogP contribution >= 0.6 is 11.3 Å². The van der Waals surface area contributed by atoms with Gasteiger partial charge in [0.25, 0.3) is 5.91 Å². The maximum Gasteiger partial charge on any atom is 0.265 e. The minimum atomic E-state index is -0.349. The fourth-order valence-electron chi connectivity index (χ4n) is 2.28. The van der Waals surface area contributed by atoms with Crippen LogP contribution in [0.15, 0.2) is 0 Å². The van der Waals surface area contributed by atoms with E-state index in [-0.39, 0.29) is 17.9 Å². The van der Waals surface area contributed by atoms with Gasteiger partial charge in [-0.1, -0.05) is 11.3 Å². The number of aliphatic hydroxyl groups is 1. The van der Waals surface area contributed by atoms with Gasteiger partial charge < -0.3 is 14.9 Å². The van der Waals surface area contributed by atoms with Gasteiger partial charge in [-0.15, -0.1) is 0 Å². The predicted molar refractivity (Wildman–Crippen MR) is 76.9 cm³/mol. The third-order valence-electron chi connectivity index (χ3n) is 3.56. The van der Waals surface area contributed by atoms with Gasteiger partial charge in [0, 0.05) is 33.1 Å². The Bertz CT molecular complexity index is 470. The number of anilines is 1. The molecule has 1 aliphatic heterocycles. The Morgan fingerprint density at radius 2 is 2.26 bits per heavy atom. The number of hydrogen-bond acceptors (Lipinski definition) is 5. The third kappa shape index (κ3) is 2.90. The fourth-order valence-corrected chi connectivity index (χ4v) is 3.24. The van der Waals surface area contributed by atoms with E-state index in [1.165, 1.54) is 11.3 Å². The van der Waals surface area contributed by atoms with E-state index in [4.69, 9.17) is 0 Å².